The highest BCUT2D eigenvalue weighted by Gasteiger charge is 2.64. The number of ketones is 1. The molecule has 4 aliphatic rings. The van der Waals surface area contributed by atoms with Gasteiger partial charge in [0.25, 0.3) is 0 Å². The highest BCUT2D eigenvalue weighted by molar-refractivity contribution is 5.92. The van der Waals surface area contributed by atoms with Crippen molar-refractivity contribution in [2.45, 2.75) is 57.5 Å². The predicted molar refractivity (Wildman–Crippen MR) is 129 cm³/mol. The van der Waals surface area contributed by atoms with E-state index in [1.54, 1.807) is 0 Å². The molecular weight excluding hydrogens is 394 g/mol. The number of allylic oxidation sites excluding steroid dienone is 4. The number of carbonyl (C=O) groups excluding carboxylic acids is 1. The Morgan fingerprint density at radius 3 is 2.56 bits per heavy atom. The minimum absolute atomic E-state index is 0.238. The molecule has 1 aromatic carbocycles. The Balaban J connectivity index is 1.63. The lowest BCUT2D eigenvalue weighted by Gasteiger charge is -2.56. The van der Waals surface area contributed by atoms with Crippen LogP contribution in [0.3, 0.4) is 0 Å². The van der Waals surface area contributed by atoms with E-state index in [-0.39, 0.29) is 11.2 Å². The molecule has 0 spiro atoms. The summed E-state index contributed by atoms with van der Waals surface area (Å²) in [6, 6.07) is 9.00. The summed E-state index contributed by atoms with van der Waals surface area (Å²) in [5, 5.41) is 11.7. The molecule has 1 N–H and O–H groups in total. The van der Waals surface area contributed by atoms with Crippen molar-refractivity contribution < 1.29 is 9.90 Å². The fourth-order valence-electron chi connectivity index (χ4n) is 7.56. The van der Waals surface area contributed by atoms with Gasteiger partial charge in [0.05, 0.1) is 0 Å². The maximum atomic E-state index is 12.2. The minimum atomic E-state index is -0.925. The highest BCUT2D eigenvalue weighted by Crippen LogP contribution is 2.67. The summed E-state index contributed by atoms with van der Waals surface area (Å²) in [7, 11) is 4.14. The summed E-state index contributed by atoms with van der Waals surface area (Å²) >= 11 is 0. The molecule has 5 rings (SSSR count). The number of hydrogen-bond donors (Lipinski definition) is 1. The lowest BCUT2D eigenvalue weighted by molar-refractivity contribution is -0.116. The summed E-state index contributed by atoms with van der Waals surface area (Å²) in [6.07, 6.45) is 10.8. The first-order chi connectivity index (χ1) is 15.3. The standard InChI is InChI=1S/C29H35NO2/c1-5-15-29(32)16-14-26-24-12-8-20-17-22(31)11-13-23(20)27(24)25(18-28(26,29)2)19-6-9-21(10-7-19)30(3)4/h6-10,12,17,23-27,32H,11,13-14,16,18H2,1-4H3/t23-,24-,25+,26-,27+,28-,29-/m0/s1. The van der Waals surface area contributed by atoms with Gasteiger partial charge in [0.15, 0.2) is 5.78 Å². The Bertz CT molecular complexity index is 1040. The third kappa shape index (κ3) is 3.11. The molecular formula is C29H35NO2. The van der Waals surface area contributed by atoms with Crippen LogP contribution < -0.4 is 4.90 Å². The van der Waals surface area contributed by atoms with Gasteiger partial charge in [0.2, 0.25) is 0 Å². The molecule has 4 aliphatic carbocycles. The van der Waals surface area contributed by atoms with Crippen molar-refractivity contribution in [3.63, 3.8) is 0 Å². The maximum absolute atomic E-state index is 12.2. The number of aliphatic hydroxyl groups is 1. The highest BCUT2D eigenvalue weighted by atomic mass is 16.3. The quantitative estimate of drug-likeness (QED) is 0.664. The largest absolute Gasteiger partial charge is 0.378 e. The Morgan fingerprint density at radius 2 is 1.88 bits per heavy atom. The molecule has 2 fully saturated rings. The molecule has 7 atom stereocenters. The van der Waals surface area contributed by atoms with Crippen molar-refractivity contribution in [2.24, 2.45) is 29.1 Å². The first-order valence-electron chi connectivity index (χ1n) is 12.1. The summed E-state index contributed by atoms with van der Waals surface area (Å²) in [4.78, 5) is 14.3. The minimum Gasteiger partial charge on any atom is -0.378 e. The molecule has 3 heteroatoms. The third-order valence-corrected chi connectivity index (χ3v) is 9.20. The fraction of sp³-hybridized carbons (Fsp3) is 0.552. The molecule has 1 aromatic rings. The van der Waals surface area contributed by atoms with Gasteiger partial charge in [-0.15, -0.1) is 5.92 Å². The van der Waals surface area contributed by atoms with Crippen LogP contribution in [0.15, 0.2) is 48.1 Å². The van der Waals surface area contributed by atoms with Crippen molar-refractivity contribution in [3.05, 3.63) is 53.6 Å². The van der Waals surface area contributed by atoms with Crippen LogP contribution in [0.25, 0.3) is 0 Å². The van der Waals surface area contributed by atoms with Crippen molar-refractivity contribution in [3.8, 4) is 11.8 Å². The summed E-state index contributed by atoms with van der Waals surface area (Å²) in [6.45, 7) is 4.13. The van der Waals surface area contributed by atoms with Crippen LogP contribution in [-0.2, 0) is 4.79 Å². The van der Waals surface area contributed by atoms with Crippen molar-refractivity contribution in [1.29, 1.82) is 0 Å². The third-order valence-electron chi connectivity index (χ3n) is 9.20. The number of fused-ring (bicyclic) bond motifs is 5. The lowest BCUT2D eigenvalue weighted by Crippen LogP contribution is -2.54. The van der Waals surface area contributed by atoms with Crippen LogP contribution in [0.5, 0.6) is 0 Å². The maximum Gasteiger partial charge on any atom is 0.155 e. The van der Waals surface area contributed by atoms with Gasteiger partial charge < -0.3 is 10.0 Å². The van der Waals surface area contributed by atoms with E-state index in [1.807, 2.05) is 13.0 Å². The monoisotopic (exact) mass is 429 g/mol. The number of carbonyl (C=O) groups is 1. The fourth-order valence-corrected chi connectivity index (χ4v) is 7.56. The van der Waals surface area contributed by atoms with Crippen LogP contribution in [0.2, 0.25) is 0 Å². The SMILES string of the molecule is CC#C[C@]1(O)CC[C@H]2[C@@H]3C=CC4=CC(=O)CC[C@@H]4[C@H]3[C@@H](c3ccc(N(C)C)cc3)C[C@@]21C. The Labute approximate surface area is 192 Å². The van der Waals surface area contributed by atoms with E-state index in [0.29, 0.717) is 36.0 Å². The number of anilines is 1. The Hall–Kier alpha value is -2.31. The van der Waals surface area contributed by atoms with Gasteiger partial charge in [-0.2, -0.15) is 0 Å². The second-order valence-electron chi connectivity index (χ2n) is 10.9. The second kappa shape index (κ2) is 7.63. The molecule has 168 valence electrons. The average Bonchev–Trinajstić information content (AvgIpc) is 3.03. The number of hydrogen-bond acceptors (Lipinski definition) is 3. The molecule has 0 unspecified atom stereocenters. The van der Waals surface area contributed by atoms with Crippen LogP contribution >= 0.6 is 0 Å². The summed E-state index contributed by atoms with van der Waals surface area (Å²) < 4.78 is 0. The van der Waals surface area contributed by atoms with Crippen LogP contribution in [0, 0.1) is 40.9 Å². The molecule has 0 bridgehead atoms. The van der Waals surface area contributed by atoms with Gasteiger partial charge in [0, 0.05) is 31.6 Å². The van der Waals surface area contributed by atoms with E-state index in [2.05, 4.69) is 74.2 Å². The van der Waals surface area contributed by atoms with Gasteiger partial charge in [-0.05, 0) is 91.5 Å². The Morgan fingerprint density at radius 1 is 1.12 bits per heavy atom. The van der Waals surface area contributed by atoms with Crippen molar-refractivity contribution in [2.75, 3.05) is 19.0 Å². The molecule has 0 heterocycles. The smallest absolute Gasteiger partial charge is 0.155 e. The first kappa shape index (κ1) is 21.5. The van der Waals surface area contributed by atoms with E-state index >= 15 is 0 Å². The zero-order chi connectivity index (χ0) is 22.7. The molecule has 3 nitrogen and oxygen atoms in total. The van der Waals surface area contributed by atoms with Gasteiger partial charge in [0.1, 0.15) is 5.60 Å². The molecule has 0 aliphatic heterocycles. The molecule has 32 heavy (non-hydrogen) atoms. The lowest BCUT2D eigenvalue weighted by atomic mass is 9.48. The van der Waals surface area contributed by atoms with Crippen LogP contribution in [-0.4, -0.2) is 30.6 Å². The van der Waals surface area contributed by atoms with Crippen molar-refractivity contribution in [1.82, 2.24) is 0 Å². The van der Waals surface area contributed by atoms with E-state index < -0.39 is 5.60 Å². The van der Waals surface area contributed by atoms with E-state index in [4.69, 9.17) is 0 Å². The molecule has 0 radical (unpaired) electrons. The predicted octanol–water partition coefficient (Wildman–Crippen LogP) is 5.12. The van der Waals surface area contributed by atoms with Crippen LogP contribution in [0.4, 0.5) is 5.69 Å². The van der Waals surface area contributed by atoms with E-state index in [9.17, 15) is 9.90 Å². The van der Waals surface area contributed by atoms with E-state index in [0.717, 1.165) is 25.7 Å². The zero-order valence-corrected chi connectivity index (χ0v) is 19.8. The average molecular weight is 430 g/mol. The summed E-state index contributed by atoms with van der Waals surface area (Å²) in [5.74, 6) is 8.61. The first-order valence-corrected chi connectivity index (χ1v) is 12.1. The molecule has 2 saturated carbocycles. The molecule has 0 amide bonds. The molecule has 0 saturated heterocycles. The van der Waals surface area contributed by atoms with Gasteiger partial charge in [-0.3, -0.25) is 4.79 Å². The summed E-state index contributed by atoms with van der Waals surface area (Å²) in [5.41, 5.74) is 2.62. The van der Waals surface area contributed by atoms with E-state index in [1.165, 1.54) is 16.8 Å². The van der Waals surface area contributed by atoms with Crippen LogP contribution in [0.1, 0.15) is 57.4 Å². The van der Waals surface area contributed by atoms with Gasteiger partial charge in [-0.25, -0.2) is 0 Å². The molecule has 0 aromatic heterocycles. The topological polar surface area (TPSA) is 40.5 Å². The second-order valence-corrected chi connectivity index (χ2v) is 10.9. The Kier molecular flexibility index (Phi) is 5.13. The van der Waals surface area contributed by atoms with Gasteiger partial charge in [-0.1, -0.05) is 37.1 Å². The van der Waals surface area contributed by atoms with Crippen molar-refractivity contribution >= 4 is 11.5 Å². The number of benzene rings is 1. The number of nitrogens with zero attached hydrogens (tertiary/aromatic N) is 1. The normalized spacial score (nSPS) is 39.8. The number of rotatable bonds is 2. The zero-order valence-electron chi connectivity index (χ0n) is 19.8. The van der Waals surface area contributed by atoms with Gasteiger partial charge >= 0.3 is 0 Å².